The van der Waals surface area contributed by atoms with E-state index < -0.39 is 23.7 Å². The largest absolute Gasteiger partial charge is 0.380 e. The van der Waals surface area contributed by atoms with E-state index in [1.54, 1.807) is 36.4 Å². The molecule has 8 nitrogen and oxygen atoms in total. The van der Waals surface area contributed by atoms with Crippen molar-refractivity contribution in [2.24, 2.45) is 5.73 Å². The number of nitrogens with one attached hydrogen (secondary N) is 1. The minimum Gasteiger partial charge on any atom is -0.369 e. The van der Waals surface area contributed by atoms with Gasteiger partial charge in [0, 0.05) is 16.5 Å². The van der Waals surface area contributed by atoms with Crippen molar-refractivity contribution in [3.8, 4) is 0 Å². The Morgan fingerprint density at radius 1 is 0.963 bits per heavy atom. The van der Waals surface area contributed by atoms with E-state index in [0.29, 0.717) is 21.5 Å². The summed E-state index contributed by atoms with van der Waals surface area (Å²) in [6, 6.07) is 13.1. The number of rotatable bonds is 4. The zero-order valence-electron chi connectivity index (χ0n) is 13.9. The van der Waals surface area contributed by atoms with Crippen molar-refractivity contribution in [1.82, 2.24) is 10.0 Å². The normalized spacial score (nSPS) is 13.1. The summed E-state index contributed by atoms with van der Waals surface area (Å²) in [6.45, 7) is 0. The Hall–Kier alpha value is -3.94. The molecular weight excluding hydrogens is 350 g/mol. The number of benzene rings is 2. The summed E-state index contributed by atoms with van der Waals surface area (Å²) in [7, 11) is 0. The van der Waals surface area contributed by atoms with E-state index in [0.717, 1.165) is 0 Å². The fourth-order valence-corrected chi connectivity index (χ4v) is 3.11. The molecule has 0 saturated heterocycles. The van der Waals surface area contributed by atoms with Gasteiger partial charge in [-0.3, -0.25) is 14.4 Å². The Morgan fingerprint density at radius 3 is 2.19 bits per heavy atom. The second-order valence-electron chi connectivity index (χ2n) is 6.00. The minimum atomic E-state index is -0.961. The number of hydrogen-bond acceptors (Lipinski definition) is 5. The summed E-state index contributed by atoms with van der Waals surface area (Å²) in [6.07, 6.45) is -0.198. The molecule has 0 aliphatic carbocycles. The summed E-state index contributed by atoms with van der Waals surface area (Å²) in [5, 5.41) is 1.05. The average Bonchev–Trinajstić information content (AvgIpc) is 3.13. The van der Waals surface area contributed by atoms with Crippen molar-refractivity contribution in [3.05, 3.63) is 70.9 Å². The molecule has 2 aromatic carbocycles. The number of amides is 3. The first-order valence-electron chi connectivity index (χ1n) is 8.05. The van der Waals surface area contributed by atoms with Gasteiger partial charge < -0.3 is 15.6 Å². The zero-order chi connectivity index (χ0) is 19.1. The lowest BCUT2D eigenvalue weighted by Crippen LogP contribution is -2.33. The van der Waals surface area contributed by atoms with Crippen LogP contribution in [0.15, 0.2) is 48.5 Å². The van der Waals surface area contributed by atoms with Crippen LogP contribution < -0.4 is 5.73 Å². The van der Waals surface area contributed by atoms with E-state index in [-0.39, 0.29) is 23.2 Å². The Balaban J connectivity index is 1.69. The number of fused-ring (bicyclic) bond motifs is 2. The molecule has 1 aliphatic rings. The number of aromatic nitrogens is 1. The number of hydroxylamine groups is 2. The van der Waals surface area contributed by atoms with E-state index in [4.69, 9.17) is 10.6 Å². The molecule has 134 valence electrons. The Kier molecular flexibility index (Phi) is 3.73. The number of aromatic amines is 1. The first-order chi connectivity index (χ1) is 13.0. The van der Waals surface area contributed by atoms with Crippen molar-refractivity contribution in [2.45, 2.75) is 6.42 Å². The van der Waals surface area contributed by atoms with Gasteiger partial charge in [0.1, 0.15) is 5.69 Å². The molecular formula is C19H13N3O5. The molecule has 1 aliphatic heterocycles. The number of hydrogen-bond donors (Lipinski definition) is 2. The van der Waals surface area contributed by atoms with Crippen molar-refractivity contribution in [3.63, 3.8) is 0 Å². The number of carbonyl (C=O) groups is 4. The highest BCUT2D eigenvalue weighted by atomic mass is 16.7. The second-order valence-corrected chi connectivity index (χ2v) is 6.00. The first-order valence-corrected chi connectivity index (χ1v) is 8.05. The van der Waals surface area contributed by atoms with Crippen LogP contribution in [-0.2, 0) is 16.1 Å². The number of primary amides is 1. The average molecular weight is 363 g/mol. The quantitative estimate of drug-likeness (QED) is 0.681. The molecule has 4 rings (SSSR count). The molecule has 2 heterocycles. The number of carbonyl (C=O) groups excluding carboxylic acids is 4. The van der Waals surface area contributed by atoms with E-state index in [1.165, 1.54) is 12.1 Å². The van der Waals surface area contributed by atoms with Crippen molar-refractivity contribution >= 4 is 34.6 Å². The van der Waals surface area contributed by atoms with Gasteiger partial charge in [-0.15, -0.1) is 0 Å². The summed E-state index contributed by atoms with van der Waals surface area (Å²) < 4.78 is 0. The molecule has 3 amide bonds. The molecule has 27 heavy (non-hydrogen) atoms. The standard InChI is InChI=1S/C19H13N3O5/c20-15(23)9-13-10-5-3-4-8-14(10)21-16(13)19(26)27-22-17(24)11-6-1-2-7-12(11)18(22)25/h1-8,21H,9H2,(H2,20,23). The molecule has 0 spiro atoms. The fourth-order valence-electron chi connectivity index (χ4n) is 3.11. The molecule has 0 radical (unpaired) electrons. The predicted octanol–water partition coefficient (Wildman–Crippen LogP) is 1.56. The summed E-state index contributed by atoms with van der Waals surface area (Å²) in [5.74, 6) is -3.04. The van der Waals surface area contributed by atoms with Crippen LogP contribution >= 0.6 is 0 Å². The van der Waals surface area contributed by atoms with Crippen LogP contribution in [0.2, 0.25) is 0 Å². The van der Waals surface area contributed by atoms with E-state index >= 15 is 0 Å². The molecule has 0 atom stereocenters. The second kappa shape index (κ2) is 6.10. The SMILES string of the molecule is NC(=O)Cc1c(C(=O)ON2C(=O)c3ccccc3C2=O)[nH]c2ccccc12. The maximum absolute atomic E-state index is 12.7. The lowest BCUT2D eigenvalue weighted by Gasteiger charge is -2.12. The van der Waals surface area contributed by atoms with Crippen molar-refractivity contribution in [2.75, 3.05) is 0 Å². The molecule has 0 saturated carbocycles. The molecule has 1 aromatic heterocycles. The highest BCUT2D eigenvalue weighted by Crippen LogP contribution is 2.26. The van der Waals surface area contributed by atoms with Crippen LogP contribution in [-0.4, -0.2) is 33.7 Å². The van der Waals surface area contributed by atoms with Crippen molar-refractivity contribution < 1.29 is 24.0 Å². The van der Waals surface area contributed by atoms with Gasteiger partial charge in [0.05, 0.1) is 17.5 Å². The Morgan fingerprint density at radius 2 is 1.56 bits per heavy atom. The Labute approximate surface area is 152 Å². The molecule has 0 unspecified atom stereocenters. The Bertz CT molecular complexity index is 1100. The smallest absolute Gasteiger partial charge is 0.369 e. The van der Waals surface area contributed by atoms with E-state index in [9.17, 15) is 19.2 Å². The van der Waals surface area contributed by atoms with Gasteiger partial charge in [-0.2, -0.15) is 0 Å². The van der Waals surface area contributed by atoms with Gasteiger partial charge in [-0.1, -0.05) is 35.4 Å². The summed E-state index contributed by atoms with van der Waals surface area (Å²) in [4.78, 5) is 56.7. The predicted molar refractivity (Wildman–Crippen MR) is 93.6 cm³/mol. The van der Waals surface area contributed by atoms with Crippen LogP contribution in [0.25, 0.3) is 10.9 Å². The lowest BCUT2D eigenvalue weighted by atomic mass is 10.1. The fraction of sp³-hybridized carbons (Fsp3) is 0.0526. The van der Waals surface area contributed by atoms with Crippen LogP contribution in [0.1, 0.15) is 36.8 Å². The van der Waals surface area contributed by atoms with Gasteiger partial charge in [-0.05, 0) is 18.2 Å². The van der Waals surface area contributed by atoms with Crippen molar-refractivity contribution in [1.29, 1.82) is 0 Å². The molecule has 3 aromatic rings. The third-order valence-electron chi connectivity index (χ3n) is 4.30. The first kappa shape index (κ1) is 16.5. The molecule has 3 N–H and O–H groups in total. The molecule has 0 bridgehead atoms. The minimum absolute atomic E-state index is 0.0356. The number of imide groups is 1. The third-order valence-corrected chi connectivity index (χ3v) is 4.30. The van der Waals surface area contributed by atoms with Gasteiger partial charge >= 0.3 is 5.97 Å². The van der Waals surface area contributed by atoms with Gasteiger partial charge in [0.2, 0.25) is 5.91 Å². The maximum Gasteiger partial charge on any atom is 0.380 e. The summed E-state index contributed by atoms with van der Waals surface area (Å²) in [5.41, 5.74) is 6.51. The third kappa shape index (κ3) is 2.63. The van der Waals surface area contributed by atoms with Gasteiger partial charge in [-0.25, -0.2) is 4.79 Å². The number of para-hydroxylation sites is 1. The highest BCUT2D eigenvalue weighted by molar-refractivity contribution is 6.21. The topological polar surface area (TPSA) is 123 Å². The van der Waals surface area contributed by atoms with Crippen LogP contribution in [0.3, 0.4) is 0 Å². The van der Waals surface area contributed by atoms with Gasteiger partial charge in [0.15, 0.2) is 0 Å². The molecule has 8 heteroatoms. The number of nitrogens with zero attached hydrogens (tertiary/aromatic N) is 1. The van der Waals surface area contributed by atoms with Crippen LogP contribution in [0, 0.1) is 0 Å². The molecule has 0 fully saturated rings. The number of H-pyrrole nitrogens is 1. The highest BCUT2D eigenvalue weighted by Gasteiger charge is 2.39. The maximum atomic E-state index is 12.7. The van der Waals surface area contributed by atoms with E-state index in [1.807, 2.05) is 0 Å². The van der Waals surface area contributed by atoms with Crippen LogP contribution in [0.5, 0.6) is 0 Å². The van der Waals surface area contributed by atoms with Gasteiger partial charge in [0.25, 0.3) is 11.8 Å². The van der Waals surface area contributed by atoms with E-state index in [2.05, 4.69) is 4.98 Å². The number of nitrogens with two attached hydrogens (primary N) is 1. The monoisotopic (exact) mass is 363 g/mol. The van der Waals surface area contributed by atoms with Crippen LogP contribution in [0.4, 0.5) is 0 Å². The summed E-state index contributed by atoms with van der Waals surface area (Å²) >= 11 is 0. The lowest BCUT2D eigenvalue weighted by molar-refractivity contribution is -0.117. The zero-order valence-corrected chi connectivity index (χ0v) is 13.9.